The zero-order valence-electron chi connectivity index (χ0n) is 9.43. The molecule has 0 bridgehead atoms. The van der Waals surface area contributed by atoms with Gasteiger partial charge < -0.3 is 10.8 Å². The summed E-state index contributed by atoms with van der Waals surface area (Å²) in [4.78, 5) is 0. The van der Waals surface area contributed by atoms with E-state index in [2.05, 4.69) is 12.1 Å². The third-order valence-corrected chi connectivity index (χ3v) is 4.29. The van der Waals surface area contributed by atoms with E-state index in [1.54, 1.807) is 0 Å². The van der Waals surface area contributed by atoms with Crippen molar-refractivity contribution in [2.45, 2.75) is 24.9 Å². The second kappa shape index (κ2) is 5.71. The highest BCUT2D eigenvalue weighted by atomic mass is 32.2. The number of aliphatic hydroxyl groups excluding tert-OH is 1. The van der Waals surface area contributed by atoms with Crippen LogP contribution >= 0.6 is 11.8 Å². The van der Waals surface area contributed by atoms with Crippen molar-refractivity contribution < 1.29 is 5.11 Å². The average Bonchev–Trinajstić information content (AvgIpc) is 2.39. The lowest BCUT2D eigenvalue weighted by molar-refractivity contribution is 0.186. The molecule has 2 nitrogen and oxygen atoms in total. The summed E-state index contributed by atoms with van der Waals surface area (Å²) in [5, 5.41) is 9.60. The Morgan fingerprint density at radius 3 is 2.44 bits per heavy atom. The smallest absolute Gasteiger partial charge is 0.0912 e. The summed E-state index contributed by atoms with van der Waals surface area (Å²) in [5.74, 6) is 3.26. The molecule has 1 aromatic rings. The summed E-state index contributed by atoms with van der Waals surface area (Å²) in [5.41, 5.74) is 7.77. The third-order valence-electron chi connectivity index (χ3n) is 3.24. The molecular formula is C13H19NOS. The van der Waals surface area contributed by atoms with Crippen LogP contribution in [0.2, 0.25) is 0 Å². The van der Waals surface area contributed by atoms with Gasteiger partial charge in [0.15, 0.2) is 0 Å². The van der Waals surface area contributed by atoms with Gasteiger partial charge in [0.1, 0.15) is 0 Å². The van der Waals surface area contributed by atoms with Crippen LogP contribution in [0.1, 0.15) is 36.0 Å². The molecule has 1 heterocycles. The summed E-state index contributed by atoms with van der Waals surface area (Å²) in [6.45, 7) is 0.291. The molecule has 0 aromatic heterocycles. The van der Waals surface area contributed by atoms with E-state index in [4.69, 9.17) is 5.73 Å². The fourth-order valence-corrected chi connectivity index (χ4v) is 3.26. The van der Waals surface area contributed by atoms with Gasteiger partial charge in [-0.2, -0.15) is 11.8 Å². The highest BCUT2D eigenvalue weighted by molar-refractivity contribution is 7.99. The summed E-state index contributed by atoms with van der Waals surface area (Å²) >= 11 is 2.05. The van der Waals surface area contributed by atoms with Crippen LogP contribution < -0.4 is 5.73 Å². The molecule has 0 aliphatic carbocycles. The van der Waals surface area contributed by atoms with Crippen molar-refractivity contribution >= 4 is 11.8 Å². The van der Waals surface area contributed by atoms with Crippen LogP contribution in [-0.2, 0) is 0 Å². The molecule has 1 atom stereocenters. The Morgan fingerprint density at radius 2 is 1.88 bits per heavy atom. The predicted octanol–water partition coefficient (Wildman–Crippen LogP) is 2.29. The van der Waals surface area contributed by atoms with Crippen LogP contribution in [0, 0.1) is 0 Å². The Bertz CT molecular complexity index is 319. The van der Waals surface area contributed by atoms with E-state index >= 15 is 0 Å². The maximum absolute atomic E-state index is 9.60. The number of hydrogen-bond donors (Lipinski definition) is 2. The molecule has 0 radical (unpaired) electrons. The molecule has 0 spiro atoms. The van der Waals surface area contributed by atoms with Gasteiger partial charge >= 0.3 is 0 Å². The zero-order chi connectivity index (χ0) is 11.4. The third kappa shape index (κ3) is 2.78. The number of thioether (sulfide) groups is 1. The van der Waals surface area contributed by atoms with Gasteiger partial charge in [0.05, 0.1) is 6.10 Å². The van der Waals surface area contributed by atoms with Crippen LogP contribution in [0.3, 0.4) is 0 Å². The minimum absolute atomic E-state index is 0.291. The van der Waals surface area contributed by atoms with Gasteiger partial charge in [0.2, 0.25) is 0 Å². The van der Waals surface area contributed by atoms with Crippen molar-refractivity contribution in [3.05, 3.63) is 35.4 Å². The highest BCUT2D eigenvalue weighted by Gasteiger charge is 2.15. The summed E-state index contributed by atoms with van der Waals surface area (Å²) in [6, 6.07) is 8.31. The van der Waals surface area contributed by atoms with E-state index in [1.807, 2.05) is 23.9 Å². The molecule has 1 fully saturated rings. The lowest BCUT2D eigenvalue weighted by Crippen LogP contribution is -2.12. The minimum Gasteiger partial charge on any atom is -0.387 e. The predicted molar refractivity (Wildman–Crippen MR) is 69.8 cm³/mol. The van der Waals surface area contributed by atoms with Gasteiger partial charge in [0.25, 0.3) is 0 Å². The molecule has 1 saturated heterocycles. The lowest BCUT2D eigenvalue weighted by atomic mass is 9.92. The standard InChI is InChI=1S/C13H19NOS/c14-9-13(15)12-3-1-10(2-4-12)11-5-7-16-8-6-11/h1-4,11,13,15H,5-9,14H2. The van der Waals surface area contributed by atoms with E-state index < -0.39 is 6.10 Å². The fraction of sp³-hybridized carbons (Fsp3) is 0.538. The monoisotopic (exact) mass is 237 g/mol. The molecule has 2 rings (SSSR count). The molecule has 3 N–H and O–H groups in total. The molecule has 0 saturated carbocycles. The largest absolute Gasteiger partial charge is 0.387 e. The Balaban J connectivity index is 2.06. The van der Waals surface area contributed by atoms with Crippen molar-refractivity contribution in [3.8, 4) is 0 Å². The Hall–Kier alpha value is -0.510. The van der Waals surface area contributed by atoms with Crippen molar-refractivity contribution in [2.75, 3.05) is 18.1 Å². The van der Waals surface area contributed by atoms with Crippen LogP contribution in [0.15, 0.2) is 24.3 Å². The summed E-state index contributed by atoms with van der Waals surface area (Å²) < 4.78 is 0. The van der Waals surface area contributed by atoms with Gasteiger partial charge in [-0.1, -0.05) is 24.3 Å². The second-order valence-electron chi connectivity index (χ2n) is 4.30. The van der Waals surface area contributed by atoms with Crippen molar-refractivity contribution in [1.82, 2.24) is 0 Å². The second-order valence-corrected chi connectivity index (χ2v) is 5.53. The molecule has 16 heavy (non-hydrogen) atoms. The normalized spacial score (nSPS) is 19.6. The van der Waals surface area contributed by atoms with E-state index in [0.717, 1.165) is 5.56 Å². The molecule has 0 amide bonds. The van der Waals surface area contributed by atoms with Crippen LogP contribution in [-0.4, -0.2) is 23.2 Å². The number of rotatable bonds is 3. The quantitative estimate of drug-likeness (QED) is 0.848. The van der Waals surface area contributed by atoms with Gasteiger partial charge in [-0.25, -0.2) is 0 Å². The lowest BCUT2D eigenvalue weighted by Gasteiger charge is -2.22. The fourth-order valence-electron chi connectivity index (χ4n) is 2.16. The average molecular weight is 237 g/mol. The first-order valence-corrected chi connectivity index (χ1v) is 7.02. The Kier molecular flexibility index (Phi) is 4.27. The van der Waals surface area contributed by atoms with E-state index in [9.17, 15) is 5.11 Å². The van der Waals surface area contributed by atoms with Gasteiger partial charge in [-0.05, 0) is 41.4 Å². The Morgan fingerprint density at radius 1 is 1.25 bits per heavy atom. The van der Waals surface area contributed by atoms with Crippen LogP contribution in [0.25, 0.3) is 0 Å². The SMILES string of the molecule is NCC(O)c1ccc(C2CCSCC2)cc1. The zero-order valence-corrected chi connectivity index (χ0v) is 10.2. The van der Waals surface area contributed by atoms with Crippen molar-refractivity contribution in [1.29, 1.82) is 0 Å². The number of aliphatic hydroxyl groups is 1. The van der Waals surface area contributed by atoms with E-state index in [-0.39, 0.29) is 0 Å². The molecule has 1 aromatic carbocycles. The van der Waals surface area contributed by atoms with Gasteiger partial charge in [-0.15, -0.1) is 0 Å². The molecule has 1 unspecified atom stereocenters. The summed E-state index contributed by atoms with van der Waals surface area (Å²) in [7, 11) is 0. The molecule has 88 valence electrons. The maximum atomic E-state index is 9.60. The van der Waals surface area contributed by atoms with E-state index in [0.29, 0.717) is 12.5 Å². The minimum atomic E-state index is -0.518. The van der Waals surface area contributed by atoms with Crippen molar-refractivity contribution in [3.63, 3.8) is 0 Å². The summed E-state index contributed by atoms with van der Waals surface area (Å²) in [6.07, 6.45) is 2.04. The topological polar surface area (TPSA) is 46.2 Å². The first kappa shape index (κ1) is 12.0. The number of benzene rings is 1. The van der Waals surface area contributed by atoms with Gasteiger partial charge in [-0.3, -0.25) is 0 Å². The first-order chi connectivity index (χ1) is 7.81. The number of nitrogens with two attached hydrogens (primary N) is 1. The molecule has 1 aliphatic heterocycles. The van der Waals surface area contributed by atoms with Crippen LogP contribution in [0.4, 0.5) is 0 Å². The molecule has 3 heteroatoms. The van der Waals surface area contributed by atoms with Crippen LogP contribution in [0.5, 0.6) is 0 Å². The van der Waals surface area contributed by atoms with E-state index in [1.165, 1.54) is 29.9 Å². The van der Waals surface area contributed by atoms with Crippen molar-refractivity contribution in [2.24, 2.45) is 5.73 Å². The van der Waals surface area contributed by atoms with Gasteiger partial charge in [0, 0.05) is 6.54 Å². The highest BCUT2D eigenvalue weighted by Crippen LogP contribution is 2.31. The molecule has 1 aliphatic rings. The number of hydrogen-bond acceptors (Lipinski definition) is 3. The Labute approximate surface area is 101 Å². The maximum Gasteiger partial charge on any atom is 0.0912 e. The molecular weight excluding hydrogens is 218 g/mol. The first-order valence-electron chi connectivity index (χ1n) is 5.87.